The lowest BCUT2D eigenvalue weighted by atomic mass is 10.2. The zero-order valence-electron chi connectivity index (χ0n) is 13.8. The van der Waals surface area contributed by atoms with E-state index < -0.39 is 5.82 Å². The lowest BCUT2D eigenvalue weighted by Crippen LogP contribution is -2.38. The van der Waals surface area contributed by atoms with Gasteiger partial charge in [0.2, 0.25) is 0 Å². The van der Waals surface area contributed by atoms with E-state index in [1.54, 1.807) is 19.2 Å². The van der Waals surface area contributed by atoms with E-state index in [0.29, 0.717) is 25.3 Å². The van der Waals surface area contributed by atoms with Gasteiger partial charge in [-0.2, -0.15) is 0 Å². The van der Waals surface area contributed by atoms with Crippen molar-refractivity contribution in [1.29, 1.82) is 0 Å². The van der Waals surface area contributed by atoms with Crippen LogP contribution < -0.4 is 14.8 Å². The Bertz CT molecular complexity index is 665. The summed E-state index contributed by atoms with van der Waals surface area (Å²) in [6, 6.07) is 13.8. The number of methoxy groups -OCH3 is 1. The Morgan fingerprint density at radius 3 is 2.62 bits per heavy atom. The molecule has 1 N–H and O–H groups in total. The Kier molecular flexibility index (Phi) is 6.42. The molecule has 0 aromatic heterocycles. The van der Waals surface area contributed by atoms with Crippen molar-refractivity contribution in [2.24, 2.45) is 0 Å². The van der Waals surface area contributed by atoms with Crippen LogP contribution in [-0.2, 0) is 6.54 Å². The van der Waals surface area contributed by atoms with Gasteiger partial charge in [0.25, 0.3) is 0 Å². The van der Waals surface area contributed by atoms with Gasteiger partial charge in [-0.25, -0.2) is 9.18 Å². The van der Waals surface area contributed by atoms with Crippen LogP contribution in [0.5, 0.6) is 11.5 Å². The van der Waals surface area contributed by atoms with Gasteiger partial charge in [-0.15, -0.1) is 0 Å². The van der Waals surface area contributed by atoms with Gasteiger partial charge in [-0.1, -0.05) is 24.3 Å². The number of urea groups is 1. The molecule has 5 nitrogen and oxygen atoms in total. The summed E-state index contributed by atoms with van der Waals surface area (Å²) < 4.78 is 24.0. The Morgan fingerprint density at radius 2 is 1.96 bits per heavy atom. The molecule has 2 aromatic rings. The summed E-state index contributed by atoms with van der Waals surface area (Å²) in [4.78, 5) is 13.5. The highest BCUT2D eigenvalue weighted by atomic mass is 19.1. The third-order valence-electron chi connectivity index (χ3n) is 3.37. The van der Waals surface area contributed by atoms with E-state index in [2.05, 4.69) is 5.32 Å². The fourth-order valence-electron chi connectivity index (χ4n) is 2.13. The molecule has 0 aliphatic heterocycles. The normalized spacial score (nSPS) is 10.1. The van der Waals surface area contributed by atoms with Crippen LogP contribution in [0, 0.1) is 5.82 Å². The first-order chi connectivity index (χ1) is 11.6. The molecule has 0 radical (unpaired) electrons. The average Bonchev–Trinajstić information content (AvgIpc) is 2.59. The number of para-hydroxylation sites is 1. The van der Waals surface area contributed by atoms with Crippen LogP contribution in [0.15, 0.2) is 48.5 Å². The Morgan fingerprint density at radius 1 is 1.21 bits per heavy atom. The van der Waals surface area contributed by atoms with Crippen molar-refractivity contribution in [3.63, 3.8) is 0 Å². The summed E-state index contributed by atoms with van der Waals surface area (Å²) in [7, 11) is 3.06. The molecule has 2 rings (SSSR count). The molecule has 2 amide bonds. The summed E-state index contributed by atoms with van der Waals surface area (Å²) >= 11 is 0. The van der Waals surface area contributed by atoms with E-state index in [1.165, 1.54) is 18.1 Å². The molecule has 0 aliphatic rings. The number of rotatable bonds is 7. The third-order valence-corrected chi connectivity index (χ3v) is 3.37. The first-order valence-corrected chi connectivity index (χ1v) is 7.59. The highest BCUT2D eigenvalue weighted by molar-refractivity contribution is 5.73. The molecule has 2 aromatic carbocycles. The average molecular weight is 332 g/mol. The number of carbonyl (C=O) groups is 1. The van der Waals surface area contributed by atoms with Gasteiger partial charge < -0.3 is 19.7 Å². The number of hydrogen-bond acceptors (Lipinski definition) is 3. The molecule has 0 saturated carbocycles. The van der Waals surface area contributed by atoms with Gasteiger partial charge in [0.1, 0.15) is 12.4 Å². The van der Waals surface area contributed by atoms with Gasteiger partial charge in [0, 0.05) is 13.6 Å². The predicted octanol–water partition coefficient (Wildman–Crippen LogP) is 3.05. The maximum absolute atomic E-state index is 13.7. The summed E-state index contributed by atoms with van der Waals surface area (Å²) in [5.74, 6) is 0.498. The van der Waals surface area contributed by atoms with Gasteiger partial charge in [-0.05, 0) is 29.8 Å². The monoisotopic (exact) mass is 332 g/mol. The molecule has 0 aliphatic carbocycles. The smallest absolute Gasteiger partial charge is 0.317 e. The minimum absolute atomic E-state index is 0.184. The molecule has 24 heavy (non-hydrogen) atoms. The molecule has 6 heteroatoms. The molecule has 128 valence electrons. The SMILES string of the molecule is COc1ccc(CN(C)C(=O)NCCOc2ccccc2)cc1F. The number of nitrogens with one attached hydrogen (secondary N) is 1. The van der Waals surface area contributed by atoms with Crippen molar-refractivity contribution in [1.82, 2.24) is 10.2 Å². The summed E-state index contributed by atoms with van der Waals surface area (Å²) in [6.07, 6.45) is 0. The topological polar surface area (TPSA) is 50.8 Å². The van der Waals surface area contributed by atoms with Crippen LogP contribution in [0.4, 0.5) is 9.18 Å². The van der Waals surface area contributed by atoms with Crippen LogP contribution in [0.3, 0.4) is 0 Å². The molecule has 0 atom stereocenters. The predicted molar refractivity (Wildman–Crippen MR) is 89.8 cm³/mol. The third kappa shape index (κ3) is 5.15. The second kappa shape index (κ2) is 8.76. The Balaban J connectivity index is 1.74. The molecule has 0 heterocycles. The Hall–Kier alpha value is -2.76. The highest BCUT2D eigenvalue weighted by Gasteiger charge is 2.10. The summed E-state index contributed by atoms with van der Waals surface area (Å²) in [5, 5.41) is 2.75. The van der Waals surface area contributed by atoms with E-state index in [9.17, 15) is 9.18 Å². The summed E-state index contributed by atoms with van der Waals surface area (Å²) in [6.45, 7) is 1.06. The number of hydrogen-bond donors (Lipinski definition) is 1. The number of ether oxygens (including phenoxy) is 2. The van der Waals surface area contributed by atoms with Crippen molar-refractivity contribution in [2.75, 3.05) is 27.3 Å². The molecule has 0 unspecified atom stereocenters. The van der Waals surface area contributed by atoms with Crippen molar-refractivity contribution in [3.05, 3.63) is 59.9 Å². The van der Waals surface area contributed by atoms with E-state index in [0.717, 1.165) is 5.75 Å². The van der Waals surface area contributed by atoms with Gasteiger partial charge in [0.05, 0.1) is 13.7 Å². The lowest BCUT2D eigenvalue weighted by Gasteiger charge is -2.18. The van der Waals surface area contributed by atoms with Crippen LogP contribution in [0.2, 0.25) is 0 Å². The second-order valence-corrected chi connectivity index (χ2v) is 5.22. The van der Waals surface area contributed by atoms with Crippen molar-refractivity contribution in [2.45, 2.75) is 6.54 Å². The van der Waals surface area contributed by atoms with Crippen LogP contribution in [0.25, 0.3) is 0 Å². The molecule has 0 bridgehead atoms. The zero-order chi connectivity index (χ0) is 17.4. The van der Waals surface area contributed by atoms with E-state index >= 15 is 0 Å². The lowest BCUT2D eigenvalue weighted by molar-refractivity contribution is 0.203. The standard InChI is InChI=1S/C18H21FN2O3/c1-21(13-14-8-9-17(23-2)16(19)12-14)18(22)20-10-11-24-15-6-4-3-5-7-15/h3-9,12H,10-11,13H2,1-2H3,(H,20,22). The van der Waals surface area contributed by atoms with E-state index in [-0.39, 0.29) is 11.8 Å². The first kappa shape index (κ1) is 17.6. The highest BCUT2D eigenvalue weighted by Crippen LogP contribution is 2.18. The number of carbonyl (C=O) groups excluding carboxylic acids is 1. The van der Waals surface area contributed by atoms with E-state index in [1.807, 2.05) is 30.3 Å². The largest absolute Gasteiger partial charge is 0.494 e. The molecular weight excluding hydrogens is 311 g/mol. The fraction of sp³-hybridized carbons (Fsp3) is 0.278. The van der Waals surface area contributed by atoms with Crippen molar-refractivity contribution in [3.8, 4) is 11.5 Å². The zero-order valence-corrected chi connectivity index (χ0v) is 13.8. The number of amides is 2. The maximum atomic E-state index is 13.7. The van der Waals surface area contributed by atoms with Crippen LogP contribution in [0.1, 0.15) is 5.56 Å². The second-order valence-electron chi connectivity index (χ2n) is 5.22. The number of benzene rings is 2. The summed E-state index contributed by atoms with van der Waals surface area (Å²) in [5.41, 5.74) is 0.687. The minimum Gasteiger partial charge on any atom is -0.494 e. The van der Waals surface area contributed by atoms with Gasteiger partial charge >= 0.3 is 6.03 Å². The first-order valence-electron chi connectivity index (χ1n) is 7.59. The molecule has 0 saturated heterocycles. The quantitative estimate of drug-likeness (QED) is 0.793. The minimum atomic E-state index is -0.444. The van der Waals surface area contributed by atoms with Gasteiger partial charge in [0.15, 0.2) is 11.6 Å². The molecular formula is C18H21FN2O3. The molecule has 0 fully saturated rings. The van der Waals surface area contributed by atoms with Gasteiger partial charge in [-0.3, -0.25) is 0 Å². The number of halogens is 1. The Labute approximate surface area is 141 Å². The van der Waals surface area contributed by atoms with E-state index in [4.69, 9.17) is 9.47 Å². The molecule has 0 spiro atoms. The van der Waals surface area contributed by atoms with Crippen molar-refractivity contribution >= 4 is 6.03 Å². The van der Waals surface area contributed by atoms with Crippen molar-refractivity contribution < 1.29 is 18.7 Å². The fourth-order valence-corrected chi connectivity index (χ4v) is 2.13. The number of nitrogens with zero attached hydrogens (tertiary/aromatic N) is 1. The maximum Gasteiger partial charge on any atom is 0.317 e. The van der Waals surface area contributed by atoms with Crippen LogP contribution >= 0.6 is 0 Å². The van der Waals surface area contributed by atoms with Crippen LogP contribution in [-0.4, -0.2) is 38.2 Å².